The van der Waals surface area contributed by atoms with Crippen molar-refractivity contribution in [1.82, 2.24) is 0 Å². The summed E-state index contributed by atoms with van der Waals surface area (Å²) in [4.78, 5) is 20.2. The second-order valence-electron chi connectivity index (χ2n) is 4.22. The molecule has 0 aromatic heterocycles. The zero-order valence-electron chi connectivity index (χ0n) is 11.3. The summed E-state index contributed by atoms with van der Waals surface area (Å²) in [5.74, 6) is -1.20. The van der Waals surface area contributed by atoms with Crippen molar-refractivity contribution in [2.75, 3.05) is 0 Å². The molecule has 2 rings (SSSR count). The molecule has 0 unspecified atom stereocenters. The molecule has 0 amide bonds. The molecule has 0 saturated heterocycles. The number of halogens is 2. The number of phenols is 2. The average molecular weight is 409 g/mol. The number of rotatable bonds is 5. The van der Waals surface area contributed by atoms with Crippen molar-refractivity contribution < 1.29 is 20.1 Å². The molecule has 126 valence electrons. The molecule has 0 aliphatic rings. The molecule has 0 radical (unpaired) electrons. The third kappa shape index (κ3) is 3.96. The SMILES string of the molecule is O=[N+]([O-])c1cc(Cl)cc(SSc2cc(Cl)cc([N+](=O)[O-])c2O)c1O. The quantitative estimate of drug-likeness (QED) is 0.400. The van der Waals surface area contributed by atoms with Crippen LogP contribution in [0.4, 0.5) is 11.4 Å². The molecule has 2 N–H and O–H groups in total. The number of hydrogen-bond acceptors (Lipinski definition) is 8. The maximum absolute atomic E-state index is 10.9. The minimum Gasteiger partial charge on any atom is -0.501 e. The van der Waals surface area contributed by atoms with E-state index in [-0.39, 0.29) is 19.8 Å². The van der Waals surface area contributed by atoms with Gasteiger partial charge in [0.25, 0.3) is 0 Å². The standard InChI is InChI=1S/C12H6Cl2N2O6S2/c13-5-1-7(15(19)20)11(17)9(3-5)23-24-10-4-6(14)2-8(12(10)18)16(21)22/h1-4,17-18H. The first-order valence-corrected chi connectivity index (χ1v) is 8.79. The van der Waals surface area contributed by atoms with Crippen LogP contribution >= 0.6 is 44.8 Å². The smallest absolute Gasteiger partial charge is 0.313 e. The highest BCUT2D eigenvalue weighted by Crippen LogP contribution is 2.50. The molecule has 0 saturated carbocycles. The van der Waals surface area contributed by atoms with Gasteiger partial charge in [0.15, 0.2) is 0 Å². The van der Waals surface area contributed by atoms with Crippen molar-refractivity contribution in [3.8, 4) is 11.5 Å². The van der Waals surface area contributed by atoms with E-state index < -0.39 is 32.7 Å². The Labute approximate surface area is 152 Å². The monoisotopic (exact) mass is 408 g/mol. The molecule has 12 heteroatoms. The summed E-state index contributed by atoms with van der Waals surface area (Å²) in [5, 5.41) is 41.6. The van der Waals surface area contributed by atoms with Gasteiger partial charge in [-0.05, 0) is 33.7 Å². The van der Waals surface area contributed by atoms with Crippen LogP contribution in [0.3, 0.4) is 0 Å². The predicted octanol–water partition coefficient (Wildman–Crippen LogP) is 5.02. The van der Waals surface area contributed by atoms with E-state index in [0.717, 1.165) is 33.7 Å². The van der Waals surface area contributed by atoms with Crippen LogP contribution in [0.1, 0.15) is 0 Å². The molecular formula is C12H6Cl2N2O6S2. The molecule has 0 fully saturated rings. The number of hydrogen-bond donors (Lipinski definition) is 2. The summed E-state index contributed by atoms with van der Waals surface area (Å²) >= 11 is 11.5. The summed E-state index contributed by atoms with van der Waals surface area (Å²) in [6.07, 6.45) is 0. The number of nitro groups is 2. The lowest BCUT2D eigenvalue weighted by Crippen LogP contribution is -1.90. The van der Waals surface area contributed by atoms with Gasteiger partial charge in [0.1, 0.15) is 0 Å². The second-order valence-corrected chi connectivity index (χ2v) is 7.31. The molecule has 2 aromatic carbocycles. The van der Waals surface area contributed by atoms with Gasteiger partial charge in [-0.3, -0.25) is 20.2 Å². The molecule has 0 aliphatic heterocycles. The second kappa shape index (κ2) is 7.34. The normalized spacial score (nSPS) is 10.6. The number of phenolic OH excluding ortho intramolecular Hbond substituents is 2. The van der Waals surface area contributed by atoms with Crippen LogP contribution in [0.15, 0.2) is 34.1 Å². The van der Waals surface area contributed by atoms with Crippen molar-refractivity contribution in [2.45, 2.75) is 9.79 Å². The van der Waals surface area contributed by atoms with Crippen LogP contribution in [-0.2, 0) is 0 Å². The number of nitro benzene ring substituents is 2. The largest absolute Gasteiger partial charge is 0.501 e. The summed E-state index contributed by atoms with van der Waals surface area (Å²) in [6, 6.07) is 4.57. The third-order valence-corrected chi connectivity index (χ3v) is 5.48. The van der Waals surface area contributed by atoms with E-state index in [2.05, 4.69) is 0 Å². The van der Waals surface area contributed by atoms with Crippen molar-refractivity contribution >= 4 is 56.2 Å². The number of aromatic hydroxyl groups is 2. The van der Waals surface area contributed by atoms with E-state index in [1.54, 1.807) is 0 Å². The van der Waals surface area contributed by atoms with Crippen molar-refractivity contribution in [3.63, 3.8) is 0 Å². The Balaban J connectivity index is 2.36. The molecule has 2 aromatic rings. The lowest BCUT2D eigenvalue weighted by molar-refractivity contribution is -0.386. The predicted molar refractivity (Wildman–Crippen MR) is 91.3 cm³/mol. The minimum absolute atomic E-state index is 0.0314. The Morgan fingerprint density at radius 1 is 0.792 bits per heavy atom. The first kappa shape index (κ1) is 18.5. The molecule has 0 atom stereocenters. The number of nitrogens with zero attached hydrogens (tertiary/aromatic N) is 2. The van der Waals surface area contributed by atoms with Gasteiger partial charge < -0.3 is 10.2 Å². The van der Waals surface area contributed by atoms with E-state index in [1.807, 2.05) is 0 Å². The van der Waals surface area contributed by atoms with Crippen LogP contribution in [0, 0.1) is 20.2 Å². The van der Waals surface area contributed by atoms with Gasteiger partial charge >= 0.3 is 11.4 Å². The Hall–Kier alpha value is -1.88. The first-order chi connectivity index (χ1) is 11.2. The average Bonchev–Trinajstić information content (AvgIpc) is 2.49. The fourth-order valence-electron chi connectivity index (χ4n) is 1.62. The molecule has 0 bridgehead atoms. The minimum atomic E-state index is -0.794. The van der Waals surface area contributed by atoms with E-state index in [0.29, 0.717) is 0 Å². The Morgan fingerprint density at radius 2 is 1.12 bits per heavy atom. The van der Waals surface area contributed by atoms with Crippen LogP contribution in [0.25, 0.3) is 0 Å². The highest BCUT2D eigenvalue weighted by Gasteiger charge is 2.22. The van der Waals surface area contributed by atoms with Crippen LogP contribution in [0.2, 0.25) is 10.0 Å². The molecule has 0 spiro atoms. The fraction of sp³-hybridized carbons (Fsp3) is 0. The van der Waals surface area contributed by atoms with Gasteiger partial charge in [0.2, 0.25) is 11.5 Å². The van der Waals surface area contributed by atoms with E-state index in [4.69, 9.17) is 23.2 Å². The Bertz CT molecular complexity index is 779. The molecule has 24 heavy (non-hydrogen) atoms. The lowest BCUT2D eigenvalue weighted by Gasteiger charge is -2.07. The summed E-state index contributed by atoms with van der Waals surface area (Å²) in [5.41, 5.74) is -1.15. The van der Waals surface area contributed by atoms with Crippen molar-refractivity contribution in [3.05, 3.63) is 54.5 Å². The topological polar surface area (TPSA) is 127 Å². The van der Waals surface area contributed by atoms with E-state index in [9.17, 15) is 30.4 Å². The van der Waals surface area contributed by atoms with Gasteiger partial charge in [0, 0.05) is 22.2 Å². The number of benzene rings is 2. The third-order valence-electron chi connectivity index (χ3n) is 2.65. The van der Waals surface area contributed by atoms with Gasteiger partial charge in [-0.15, -0.1) is 0 Å². The summed E-state index contributed by atoms with van der Waals surface area (Å²) < 4.78 is 0. The molecular weight excluding hydrogens is 403 g/mol. The highest BCUT2D eigenvalue weighted by molar-refractivity contribution is 8.76. The van der Waals surface area contributed by atoms with Crippen molar-refractivity contribution in [2.24, 2.45) is 0 Å². The van der Waals surface area contributed by atoms with E-state index >= 15 is 0 Å². The van der Waals surface area contributed by atoms with Gasteiger partial charge in [0.05, 0.1) is 19.6 Å². The van der Waals surface area contributed by atoms with Crippen LogP contribution in [0.5, 0.6) is 11.5 Å². The van der Waals surface area contributed by atoms with E-state index in [1.165, 1.54) is 12.1 Å². The maximum atomic E-state index is 10.9. The van der Waals surface area contributed by atoms with Gasteiger partial charge in [-0.2, -0.15) is 0 Å². The summed E-state index contributed by atoms with van der Waals surface area (Å²) in [7, 11) is 1.65. The van der Waals surface area contributed by atoms with Gasteiger partial charge in [-0.1, -0.05) is 23.2 Å². The summed E-state index contributed by atoms with van der Waals surface area (Å²) in [6.45, 7) is 0. The molecule has 8 nitrogen and oxygen atoms in total. The zero-order chi connectivity index (χ0) is 18.0. The lowest BCUT2D eigenvalue weighted by atomic mass is 10.3. The maximum Gasteiger partial charge on any atom is 0.313 e. The first-order valence-electron chi connectivity index (χ1n) is 5.89. The van der Waals surface area contributed by atoms with Crippen LogP contribution < -0.4 is 0 Å². The Kier molecular flexibility index (Phi) is 5.65. The molecule has 0 heterocycles. The van der Waals surface area contributed by atoms with Gasteiger partial charge in [-0.25, -0.2) is 0 Å². The zero-order valence-corrected chi connectivity index (χ0v) is 14.4. The fourth-order valence-corrected chi connectivity index (χ4v) is 4.37. The Morgan fingerprint density at radius 3 is 1.42 bits per heavy atom. The molecule has 0 aliphatic carbocycles. The van der Waals surface area contributed by atoms with Crippen LogP contribution in [-0.4, -0.2) is 20.1 Å². The van der Waals surface area contributed by atoms with Crippen molar-refractivity contribution in [1.29, 1.82) is 0 Å². The highest BCUT2D eigenvalue weighted by atomic mass is 35.5.